The van der Waals surface area contributed by atoms with Gasteiger partial charge in [0.25, 0.3) is 5.91 Å². The van der Waals surface area contributed by atoms with Crippen LogP contribution in [0.2, 0.25) is 0 Å². The molecular weight excluding hydrogens is 216 g/mol. The molecule has 0 radical (unpaired) electrons. The third-order valence-corrected chi connectivity index (χ3v) is 3.35. The molecule has 1 heterocycles. The lowest BCUT2D eigenvalue weighted by molar-refractivity contribution is -0.147. The van der Waals surface area contributed by atoms with Gasteiger partial charge in [0.2, 0.25) is 0 Å². The molecule has 17 heavy (non-hydrogen) atoms. The van der Waals surface area contributed by atoms with Crippen LogP contribution in [0.25, 0.3) is 0 Å². The number of likely N-dealkylation sites (tertiary alicyclic amines) is 1. The lowest BCUT2D eigenvalue weighted by Gasteiger charge is -2.41. The van der Waals surface area contributed by atoms with Crippen molar-refractivity contribution in [2.75, 3.05) is 20.7 Å². The number of nitrogens with two attached hydrogens (primary N) is 1. The predicted octanol–water partition coefficient (Wildman–Crippen LogP) is 0.718. The lowest BCUT2D eigenvalue weighted by atomic mass is 9.82. The Hall–Kier alpha value is -1.39. The van der Waals surface area contributed by atoms with Crippen molar-refractivity contribution in [3.63, 3.8) is 0 Å². The summed E-state index contributed by atoms with van der Waals surface area (Å²) in [6.07, 6.45) is 0.0791. The number of methoxy groups -OCH3 is 1. The number of carbonyl (C=O) groups excluding carboxylic acids is 1. The summed E-state index contributed by atoms with van der Waals surface area (Å²) in [5.41, 5.74) is 6.94. The van der Waals surface area contributed by atoms with E-state index in [1.165, 1.54) is 0 Å². The van der Waals surface area contributed by atoms with Gasteiger partial charge >= 0.3 is 0 Å². The molecule has 0 unspecified atom stereocenters. The van der Waals surface area contributed by atoms with Gasteiger partial charge < -0.3 is 15.4 Å². The molecule has 1 aromatic carbocycles. The fourth-order valence-corrected chi connectivity index (χ4v) is 2.39. The van der Waals surface area contributed by atoms with Crippen LogP contribution < -0.4 is 5.73 Å². The van der Waals surface area contributed by atoms with Crippen LogP contribution in [0.3, 0.4) is 0 Å². The molecule has 0 bridgehead atoms. The van der Waals surface area contributed by atoms with Crippen molar-refractivity contribution in [2.45, 2.75) is 18.1 Å². The Morgan fingerprint density at radius 2 is 2.06 bits per heavy atom. The normalized spacial score (nSPS) is 29.5. The van der Waals surface area contributed by atoms with Gasteiger partial charge in [0, 0.05) is 27.1 Å². The number of nitrogens with zero attached hydrogens (tertiary/aromatic N) is 1. The Bertz CT molecular complexity index is 407. The molecule has 4 nitrogen and oxygen atoms in total. The van der Waals surface area contributed by atoms with Crippen LogP contribution in [-0.4, -0.2) is 37.6 Å². The first-order chi connectivity index (χ1) is 8.07. The maximum atomic E-state index is 11.8. The molecule has 0 aliphatic carbocycles. The van der Waals surface area contributed by atoms with Gasteiger partial charge in [-0.05, 0) is 5.56 Å². The van der Waals surface area contributed by atoms with Crippen molar-refractivity contribution < 1.29 is 9.53 Å². The second kappa shape index (κ2) is 4.47. The summed E-state index contributed by atoms with van der Waals surface area (Å²) in [4.78, 5) is 13.5. The number of hydrogen-bond acceptors (Lipinski definition) is 3. The third-order valence-electron chi connectivity index (χ3n) is 3.35. The SMILES string of the molecule is CO[C@H]1C[C@@](N)(c2ccccc2)CN(C)C1=O. The first-order valence-electron chi connectivity index (χ1n) is 5.69. The quantitative estimate of drug-likeness (QED) is 0.820. The lowest BCUT2D eigenvalue weighted by Crippen LogP contribution is -2.58. The Balaban J connectivity index is 2.30. The van der Waals surface area contributed by atoms with Gasteiger partial charge in [0.15, 0.2) is 0 Å². The van der Waals surface area contributed by atoms with Gasteiger partial charge in [-0.1, -0.05) is 30.3 Å². The molecule has 1 saturated heterocycles. The van der Waals surface area contributed by atoms with Crippen LogP contribution in [0.5, 0.6) is 0 Å². The number of piperidine rings is 1. The highest BCUT2D eigenvalue weighted by atomic mass is 16.5. The standard InChI is InChI=1S/C13H18N2O2/c1-15-9-13(14,8-11(17-2)12(15)16)10-6-4-3-5-7-10/h3-7,11H,8-9,14H2,1-2H3/t11-,13-/m0/s1. The minimum Gasteiger partial charge on any atom is -0.372 e. The minimum absolute atomic E-state index is 0.00417. The second-order valence-electron chi connectivity index (χ2n) is 4.64. The highest BCUT2D eigenvalue weighted by Gasteiger charge is 2.41. The van der Waals surface area contributed by atoms with E-state index < -0.39 is 11.6 Å². The molecule has 92 valence electrons. The molecule has 1 fully saturated rings. The molecule has 0 saturated carbocycles. The van der Waals surface area contributed by atoms with Crippen molar-refractivity contribution >= 4 is 5.91 Å². The number of benzene rings is 1. The summed E-state index contributed by atoms with van der Waals surface area (Å²) < 4.78 is 5.22. The van der Waals surface area contributed by atoms with Crippen LogP contribution in [0.1, 0.15) is 12.0 Å². The van der Waals surface area contributed by atoms with E-state index in [1.807, 2.05) is 30.3 Å². The van der Waals surface area contributed by atoms with Crippen molar-refractivity contribution in [3.05, 3.63) is 35.9 Å². The number of amides is 1. The van der Waals surface area contributed by atoms with Gasteiger partial charge in [0.05, 0.1) is 5.54 Å². The van der Waals surface area contributed by atoms with Crippen LogP contribution in [0.15, 0.2) is 30.3 Å². The molecule has 1 aliphatic rings. The average molecular weight is 234 g/mol. The van der Waals surface area contributed by atoms with E-state index in [1.54, 1.807) is 19.1 Å². The number of ether oxygens (including phenoxy) is 1. The zero-order valence-electron chi connectivity index (χ0n) is 10.2. The summed E-state index contributed by atoms with van der Waals surface area (Å²) in [6, 6.07) is 9.87. The summed E-state index contributed by atoms with van der Waals surface area (Å²) in [5.74, 6) is 0.00417. The maximum Gasteiger partial charge on any atom is 0.251 e. The van der Waals surface area contributed by atoms with Gasteiger partial charge in [-0.25, -0.2) is 0 Å². The molecule has 2 rings (SSSR count). The van der Waals surface area contributed by atoms with Crippen molar-refractivity contribution in [2.24, 2.45) is 5.73 Å². The van der Waals surface area contributed by atoms with Crippen LogP contribution in [0.4, 0.5) is 0 Å². The summed E-state index contributed by atoms with van der Waals surface area (Å²) in [6.45, 7) is 0.524. The molecule has 0 aromatic heterocycles. The number of likely N-dealkylation sites (N-methyl/N-ethyl adjacent to an activating group) is 1. The van der Waals surface area contributed by atoms with E-state index in [4.69, 9.17) is 10.5 Å². The van der Waals surface area contributed by atoms with E-state index in [2.05, 4.69) is 0 Å². The summed E-state index contributed by atoms with van der Waals surface area (Å²) >= 11 is 0. The molecule has 4 heteroatoms. The number of rotatable bonds is 2. The summed E-state index contributed by atoms with van der Waals surface area (Å²) in [5, 5.41) is 0. The first-order valence-corrected chi connectivity index (χ1v) is 5.69. The molecule has 1 aliphatic heterocycles. The van der Waals surface area contributed by atoms with E-state index in [-0.39, 0.29) is 5.91 Å². The number of hydrogen-bond donors (Lipinski definition) is 1. The molecule has 1 aromatic rings. The monoisotopic (exact) mass is 234 g/mol. The van der Waals surface area contributed by atoms with Crippen LogP contribution >= 0.6 is 0 Å². The zero-order chi connectivity index (χ0) is 12.5. The van der Waals surface area contributed by atoms with Crippen LogP contribution in [-0.2, 0) is 15.1 Å². The molecule has 1 amide bonds. The topological polar surface area (TPSA) is 55.6 Å². The summed E-state index contributed by atoms with van der Waals surface area (Å²) in [7, 11) is 3.31. The van der Waals surface area contributed by atoms with Crippen molar-refractivity contribution in [1.82, 2.24) is 4.90 Å². The Morgan fingerprint density at radius 1 is 1.41 bits per heavy atom. The zero-order valence-corrected chi connectivity index (χ0v) is 10.2. The fourth-order valence-electron chi connectivity index (χ4n) is 2.39. The number of carbonyl (C=O) groups is 1. The Morgan fingerprint density at radius 3 is 2.65 bits per heavy atom. The third kappa shape index (κ3) is 2.18. The van der Waals surface area contributed by atoms with Crippen LogP contribution in [0, 0.1) is 0 Å². The van der Waals surface area contributed by atoms with E-state index >= 15 is 0 Å². The molecule has 0 spiro atoms. The van der Waals surface area contributed by atoms with E-state index in [9.17, 15) is 4.79 Å². The largest absolute Gasteiger partial charge is 0.372 e. The maximum absolute atomic E-state index is 11.8. The Kier molecular flexibility index (Phi) is 3.17. The second-order valence-corrected chi connectivity index (χ2v) is 4.64. The average Bonchev–Trinajstić information content (AvgIpc) is 2.35. The fraction of sp³-hybridized carbons (Fsp3) is 0.462. The highest BCUT2D eigenvalue weighted by molar-refractivity contribution is 5.82. The van der Waals surface area contributed by atoms with Gasteiger partial charge in [-0.15, -0.1) is 0 Å². The molecular formula is C13H18N2O2. The highest BCUT2D eigenvalue weighted by Crippen LogP contribution is 2.30. The van der Waals surface area contributed by atoms with E-state index in [0.29, 0.717) is 13.0 Å². The van der Waals surface area contributed by atoms with Crippen molar-refractivity contribution in [3.8, 4) is 0 Å². The smallest absolute Gasteiger partial charge is 0.251 e. The minimum atomic E-state index is -0.523. The van der Waals surface area contributed by atoms with Gasteiger partial charge in [-0.2, -0.15) is 0 Å². The Labute approximate surface area is 101 Å². The molecule has 2 N–H and O–H groups in total. The molecule has 2 atom stereocenters. The van der Waals surface area contributed by atoms with E-state index in [0.717, 1.165) is 5.56 Å². The van der Waals surface area contributed by atoms with Crippen molar-refractivity contribution in [1.29, 1.82) is 0 Å². The van der Waals surface area contributed by atoms with Gasteiger partial charge in [-0.3, -0.25) is 4.79 Å². The van der Waals surface area contributed by atoms with Gasteiger partial charge in [0.1, 0.15) is 6.10 Å². The first kappa shape index (κ1) is 12.1. The predicted molar refractivity (Wildman–Crippen MR) is 65.4 cm³/mol.